The number of nitrogens with two attached hydrogens (primary N) is 3. The Balaban J connectivity index is 1.78. The Bertz CT molecular complexity index is 1460. The van der Waals surface area contributed by atoms with Gasteiger partial charge in [-0.3, -0.25) is 19.4 Å². The van der Waals surface area contributed by atoms with Crippen LogP contribution in [0.15, 0.2) is 89.9 Å². The van der Waals surface area contributed by atoms with E-state index in [2.05, 4.69) is 20.9 Å². The molecule has 3 rings (SSSR count). The monoisotopic (exact) mass is 631 g/mol. The molecule has 3 amide bonds. The summed E-state index contributed by atoms with van der Waals surface area (Å²) in [4.78, 5) is 56.3. The number of aliphatic carboxylic acids is 1. The van der Waals surface area contributed by atoms with E-state index in [9.17, 15) is 29.4 Å². The molecule has 46 heavy (non-hydrogen) atoms. The smallest absolute Gasteiger partial charge is 0.326 e. The van der Waals surface area contributed by atoms with Crippen LogP contribution in [-0.4, -0.2) is 70.6 Å². The van der Waals surface area contributed by atoms with Crippen LogP contribution in [0.25, 0.3) is 0 Å². The first-order chi connectivity index (χ1) is 22.0. The minimum atomic E-state index is -1.25. The number of hydrogen-bond acceptors (Lipinski definition) is 7. The Morgan fingerprint density at radius 2 is 1.13 bits per heavy atom. The van der Waals surface area contributed by atoms with E-state index in [1.54, 1.807) is 72.8 Å². The molecule has 4 atom stereocenters. The molecule has 13 nitrogen and oxygen atoms in total. The lowest BCUT2D eigenvalue weighted by Gasteiger charge is -2.25. The van der Waals surface area contributed by atoms with Crippen molar-refractivity contribution in [3.63, 3.8) is 0 Å². The molecular formula is C33H41N7O6. The fourth-order valence-electron chi connectivity index (χ4n) is 4.68. The van der Waals surface area contributed by atoms with E-state index < -0.39 is 47.9 Å². The highest BCUT2D eigenvalue weighted by Gasteiger charge is 2.30. The Labute approximate surface area is 267 Å². The third-order valence-corrected chi connectivity index (χ3v) is 7.12. The van der Waals surface area contributed by atoms with Crippen LogP contribution in [-0.2, 0) is 38.4 Å². The number of amides is 3. The van der Waals surface area contributed by atoms with Crippen molar-refractivity contribution in [1.29, 1.82) is 0 Å². The highest BCUT2D eigenvalue weighted by atomic mass is 16.4. The lowest BCUT2D eigenvalue weighted by Crippen LogP contribution is -2.58. The molecule has 0 aliphatic rings. The first-order valence-corrected chi connectivity index (χ1v) is 14.8. The molecule has 244 valence electrons. The first kappa shape index (κ1) is 35.1. The average molecular weight is 632 g/mol. The summed E-state index contributed by atoms with van der Waals surface area (Å²) in [5.41, 5.74) is 19.1. The Morgan fingerprint density at radius 1 is 0.652 bits per heavy atom. The molecule has 0 fully saturated rings. The SMILES string of the molecule is NC(N)=NCCCC(NC(=O)C(N)Cc1ccc(O)cc1)C(=O)NC(Cc1ccccc1)C(=O)NC(Cc1ccccc1)C(=O)O. The van der Waals surface area contributed by atoms with Gasteiger partial charge in [-0.05, 0) is 48.1 Å². The molecule has 3 aromatic carbocycles. The maximum atomic E-state index is 13.7. The molecule has 0 radical (unpaired) electrons. The van der Waals surface area contributed by atoms with Crippen molar-refractivity contribution in [2.45, 2.75) is 56.3 Å². The Kier molecular flexibility index (Phi) is 13.5. The number of phenolic OH excluding ortho intramolecular Hbond substituents is 1. The van der Waals surface area contributed by atoms with Crippen molar-refractivity contribution in [2.75, 3.05) is 6.54 Å². The molecule has 0 saturated heterocycles. The number of nitrogens with zero attached hydrogens (tertiary/aromatic N) is 1. The lowest BCUT2D eigenvalue weighted by atomic mass is 10.0. The van der Waals surface area contributed by atoms with Crippen molar-refractivity contribution in [2.24, 2.45) is 22.2 Å². The average Bonchev–Trinajstić information content (AvgIpc) is 3.03. The van der Waals surface area contributed by atoms with Gasteiger partial charge in [0.1, 0.15) is 23.9 Å². The standard InChI is InChI=1S/C33H41N7O6/c34-25(18-23-13-15-24(41)16-14-23)29(42)38-26(12-7-17-37-33(35)36)30(43)39-27(19-21-8-3-1-4-9-21)31(44)40-28(32(45)46)20-22-10-5-2-6-11-22/h1-6,8-11,13-16,25-28,41H,7,12,17-20,34H2,(H,38,42)(H,39,43)(H,40,44)(H,45,46)(H4,35,36,37). The first-order valence-electron chi connectivity index (χ1n) is 14.8. The number of phenols is 1. The fraction of sp³-hybridized carbons (Fsp3) is 0.303. The third-order valence-electron chi connectivity index (χ3n) is 7.12. The molecule has 11 N–H and O–H groups in total. The van der Waals surface area contributed by atoms with Gasteiger partial charge >= 0.3 is 5.97 Å². The van der Waals surface area contributed by atoms with Crippen LogP contribution in [0, 0.1) is 0 Å². The number of aliphatic imine (C=N–C) groups is 1. The van der Waals surface area contributed by atoms with Crippen LogP contribution in [0.3, 0.4) is 0 Å². The van der Waals surface area contributed by atoms with Crippen molar-refractivity contribution >= 4 is 29.7 Å². The number of guanidine groups is 1. The number of rotatable bonds is 17. The zero-order chi connectivity index (χ0) is 33.5. The molecule has 0 bridgehead atoms. The van der Waals surface area contributed by atoms with Gasteiger partial charge in [0.05, 0.1) is 6.04 Å². The molecule has 0 heterocycles. The maximum Gasteiger partial charge on any atom is 0.326 e. The summed E-state index contributed by atoms with van der Waals surface area (Å²) < 4.78 is 0. The van der Waals surface area contributed by atoms with Gasteiger partial charge in [0.15, 0.2) is 5.96 Å². The molecular weight excluding hydrogens is 590 g/mol. The van der Waals surface area contributed by atoms with Gasteiger partial charge in [-0.15, -0.1) is 0 Å². The van der Waals surface area contributed by atoms with Crippen molar-refractivity contribution in [3.05, 3.63) is 102 Å². The van der Waals surface area contributed by atoms with E-state index in [1.165, 1.54) is 12.1 Å². The van der Waals surface area contributed by atoms with Gasteiger partial charge < -0.3 is 43.4 Å². The third kappa shape index (κ3) is 11.9. The van der Waals surface area contributed by atoms with E-state index >= 15 is 0 Å². The summed E-state index contributed by atoms with van der Waals surface area (Å²) in [6.07, 6.45) is 0.676. The summed E-state index contributed by atoms with van der Waals surface area (Å²) in [6.45, 7) is 0.190. The van der Waals surface area contributed by atoms with Gasteiger partial charge in [0, 0.05) is 19.4 Å². The minimum absolute atomic E-state index is 0.0380. The summed E-state index contributed by atoms with van der Waals surface area (Å²) in [5.74, 6) is -3.24. The van der Waals surface area contributed by atoms with Crippen molar-refractivity contribution in [1.82, 2.24) is 16.0 Å². The predicted molar refractivity (Wildman–Crippen MR) is 173 cm³/mol. The molecule has 13 heteroatoms. The molecule has 0 aliphatic carbocycles. The van der Waals surface area contributed by atoms with Crippen molar-refractivity contribution in [3.8, 4) is 5.75 Å². The summed E-state index contributed by atoms with van der Waals surface area (Å²) in [7, 11) is 0. The van der Waals surface area contributed by atoms with Gasteiger partial charge in [-0.25, -0.2) is 4.79 Å². The highest BCUT2D eigenvalue weighted by molar-refractivity contribution is 5.94. The van der Waals surface area contributed by atoms with E-state index in [4.69, 9.17) is 17.2 Å². The summed E-state index contributed by atoms with van der Waals surface area (Å²) in [5, 5.41) is 27.3. The van der Waals surface area contributed by atoms with E-state index in [1.807, 2.05) is 0 Å². The number of carboxylic acid groups (broad SMARTS) is 1. The Morgan fingerprint density at radius 3 is 1.67 bits per heavy atom. The predicted octanol–water partition coefficient (Wildman–Crippen LogP) is 0.340. The normalized spacial score (nSPS) is 13.3. The van der Waals surface area contributed by atoms with E-state index in [0.29, 0.717) is 17.5 Å². The maximum absolute atomic E-state index is 13.7. The molecule has 0 aromatic heterocycles. The second kappa shape index (κ2) is 17.8. The lowest BCUT2D eigenvalue weighted by molar-refractivity contribution is -0.142. The molecule has 3 aromatic rings. The largest absolute Gasteiger partial charge is 0.508 e. The van der Waals surface area contributed by atoms with Crippen LogP contribution in [0.2, 0.25) is 0 Å². The number of hydrogen-bond donors (Lipinski definition) is 8. The summed E-state index contributed by atoms with van der Waals surface area (Å²) >= 11 is 0. The molecule has 0 aliphatic heterocycles. The molecule has 0 saturated carbocycles. The van der Waals surface area contributed by atoms with Crippen LogP contribution in [0.1, 0.15) is 29.5 Å². The minimum Gasteiger partial charge on any atom is -0.508 e. The number of carbonyl (C=O) groups excluding carboxylic acids is 3. The second-order valence-electron chi connectivity index (χ2n) is 10.8. The molecule has 4 unspecified atom stereocenters. The van der Waals surface area contributed by atoms with Gasteiger partial charge in [0.25, 0.3) is 0 Å². The quantitative estimate of drug-likeness (QED) is 0.0582. The number of benzene rings is 3. The topological polar surface area (TPSA) is 235 Å². The van der Waals surface area contributed by atoms with E-state index in [-0.39, 0.29) is 43.9 Å². The zero-order valence-electron chi connectivity index (χ0n) is 25.3. The fourth-order valence-corrected chi connectivity index (χ4v) is 4.68. The van der Waals surface area contributed by atoms with Crippen molar-refractivity contribution < 1.29 is 29.4 Å². The highest BCUT2D eigenvalue weighted by Crippen LogP contribution is 2.12. The van der Waals surface area contributed by atoms with Gasteiger partial charge in [-0.2, -0.15) is 0 Å². The van der Waals surface area contributed by atoms with Crippen LogP contribution < -0.4 is 33.2 Å². The zero-order valence-corrected chi connectivity index (χ0v) is 25.3. The number of aromatic hydroxyl groups is 1. The second-order valence-corrected chi connectivity index (χ2v) is 10.8. The van der Waals surface area contributed by atoms with Crippen LogP contribution in [0.5, 0.6) is 5.75 Å². The van der Waals surface area contributed by atoms with Gasteiger partial charge in [0.2, 0.25) is 17.7 Å². The summed E-state index contributed by atoms with van der Waals surface area (Å²) in [6, 6.07) is 19.5. The number of nitrogens with one attached hydrogen (secondary N) is 3. The Hall–Kier alpha value is -5.43. The van der Waals surface area contributed by atoms with Crippen LogP contribution >= 0.6 is 0 Å². The number of carbonyl (C=O) groups is 4. The molecule has 0 spiro atoms. The number of carboxylic acids is 1. The van der Waals surface area contributed by atoms with E-state index in [0.717, 1.165) is 5.56 Å². The van der Waals surface area contributed by atoms with Crippen LogP contribution in [0.4, 0.5) is 0 Å². The van der Waals surface area contributed by atoms with Gasteiger partial charge in [-0.1, -0.05) is 72.8 Å².